The molecular weight excluding hydrogens is 307 g/mol. The van der Waals surface area contributed by atoms with E-state index in [0.29, 0.717) is 30.1 Å². The first-order valence-corrected chi connectivity index (χ1v) is 7.51. The van der Waals surface area contributed by atoms with Crippen LogP contribution in [0.1, 0.15) is 23.7 Å². The van der Waals surface area contributed by atoms with Crippen LogP contribution in [0.25, 0.3) is 0 Å². The molecule has 1 aromatic carbocycles. The summed E-state index contributed by atoms with van der Waals surface area (Å²) in [7, 11) is 0. The van der Waals surface area contributed by atoms with Crippen LogP contribution in [-0.2, 0) is 11.3 Å². The Bertz CT molecular complexity index is 682. The molecule has 0 saturated heterocycles. The lowest BCUT2D eigenvalue weighted by atomic mass is 10.1. The van der Waals surface area contributed by atoms with E-state index in [-0.39, 0.29) is 23.6 Å². The maximum Gasteiger partial charge on any atom is 0.223 e. The van der Waals surface area contributed by atoms with Crippen molar-refractivity contribution in [3.63, 3.8) is 0 Å². The van der Waals surface area contributed by atoms with Gasteiger partial charge in [0.15, 0.2) is 0 Å². The second-order valence-corrected chi connectivity index (χ2v) is 5.85. The Balaban J connectivity index is 1.54. The Morgan fingerprint density at radius 2 is 2.36 bits per heavy atom. The molecule has 1 fully saturated rings. The molecule has 0 aliphatic heterocycles. The number of nitrogens with zero attached hydrogens (tertiary/aromatic N) is 3. The Hall–Kier alpha value is -1.95. The van der Waals surface area contributed by atoms with E-state index in [1.807, 2.05) is 11.5 Å². The van der Waals surface area contributed by atoms with E-state index in [9.17, 15) is 9.18 Å². The Morgan fingerprint density at radius 3 is 3.05 bits per heavy atom. The van der Waals surface area contributed by atoms with Gasteiger partial charge in [0.25, 0.3) is 0 Å². The predicted molar refractivity (Wildman–Crippen MR) is 80.0 cm³/mol. The number of nitrogens with one attached hydrogen (secondary N) is 1. The van der Waals surface area contributed by atoms with Crippen molar-refractivity contribution in [1.29, 1.82) is 0 Å². The van der Waals surface area contributed by atoms with E-state index in [1.165, 1.54) is 6.07 Å². The lowest BCUT2D eigenvalue weighted by Gasteiger charge is -2.07. The molecule has 0 unspecified atom stereocenters. The van der Waals surface area contributed by atoms with Gasteiger partial charge < -0.3 is 9.88 Å². The molecule has 2 aromatic rings. The third-order valence-corrected chi connectivity index (χ3v) is 4.29. The summed E-state index contributed by atoms with van der Waals surface area (Å²) in [6.07, 6.45) is 2.26. The summed E-state index contributed by atoms with van der Waals surface area (Å²) in [4.78, 5) is 12.1. The Morgan fingerprint density at radius 1 is 1.55 bits per heavy atom. The summed E-state index contributed by atoms with van der Waals surface area (Å²) in [5, 5.41) is 10.9. The number of carbonyl (C=O) groups is 1. The van der Waals surface area contributed by atoms with Gasteiger partial charge in [0.05, 0.1) is 0 Å². The SMILES string of the molecule is Cc1nncn1CCNC(=O)[C@H]1C[C@@H]1c1c(F)cccc1Cl. The summed E-state index contributed by atoms with van der Waals surface area (Å²) < 4.78 is 15.7. The van der Waals surface area contributed by atoms with Crippen LogP contribution >= 0.6 is 11.6 Å². The van der Waals surface area contributed by atoms with Crippen LogP contribution in [0.4, 0.5) is 4.39 Å². The van der Waals surface area contributed by atoms with Gasteiger partial charge in [-0.2, -0.15) is 0 Å². The van der Waals surface area contributed by atoms with E-state index in [0.717, 1.165) is 5.82 Å². The largest absolute Gasteiger partial charge is 0.354 e. The van der Waals surface area contributed by atoms with Crippen LogP contribution in [0.2, 0.25) is 5.02 Å². The molecule has 1 aliphatic carbocycles. The van der Waals surface area contributed by atoms with Gasteiger partial charge in [-0.05, 0) is 25.5 Å². The quantitative estimate of drug-likeness (QED) is 0.919. The normalized spacial score (nSPS) is 20.0. The molecule has 0 spiro atoms. The molecule has 22 heavy (non-hydrogen) atoms. The first-order valence-electron chi connectivity index (χ1n) is 7.14. The van der Waals surface area contributed by atoms with Crippen molar-refractivity contribution in [2.75, 3.05) is 6.54 Å². The summed E-state index contributed by atoms with van der Waals surface area (Å²) >= 11 is 6.03. The van der Waals surface area contributed by atoms with Gasteiger partial charge in [0, 0.05) is 35.5 Å². The van der Waals surface area contributed by atoms with Crippen molar-refractivity contribution in [2.24, 2.45) is 5.92 Å². The highest BCUT2D eigenvalue weighted by Crippen LogP contribution is 2.50. The van der Waals surface area contributed by atoms with E-state index in [2.05, 4.69) is 15.5 Å². The van der Waals surface area contributed by atoms with Crippen LogP contribution in [-0.4, -0.2) is 27.2 Å². The van der Waals surface area contributed by atoms with E-state index >= 15 is 0 Å². The van der Waals surface area contributed by atoms with E-state index < -0.39 is 0 Å². The second kappa shape index (κ2) is 6.04. The van der Waals surface area contributed by atoms with Crippen LogP contribution in [0.15, 0.2) is 24.5 Å². The highest BCUT2D eigenvalue weighted by Gasteiger charge is 2.46. The van der Waals surface area contributed by atoms with Gasteiger partial charge >= 0.3 is 0 Å². The minimum atomic E-state index is -0.340. The van der Waals surface area contributed by atoms with Gasteiger partial charge in [-0.25, -0.2) is 4.39 Å². The van der Waals surface area contributed by atoms with Crippen LogP contribution in [0, 0.1) is 18.7 Å². The molecule has 1 heterocycles. The number of rotatable bonds is 5. The van der Waals surface area contributed by atoms with Crippen molar-refractivity contribution in [2.45, 2.75) is 25.8 Å². The number of aromatic nitrogens is 3. The molecule has 1 aromatic heterocycles. The molecule has 3 rings (SSSR count). The number of benzene rings is 1. The molecule has 1 aliphatic rings. The Kier molecular flexibility index (Phi) is 4.11. The van der Waals surface area contributed by atoms with Crippen LogP contribution < -0.4 is 5.32 Å². The lowest BCUT2D eigenvalue weighted by Crippen LogP contribution is -2.29. The van der Waals surface area contributed by atoms with Gasteiger partial charge in [-0.1, -0.05) is 17.7 Å². The van der Waals surface area contributed by atoms with Crippen LogP contribution in [0.3, 0.4) is 0 Å². The first kappa shape index (κ1) is 15.0. The number of aryl methyl sites for hydroxylation is 1. The fourth-order valence-corrected chi connectivity index (χ4v) is 2.93. The van der Waals surface area contributed by atoms with Gasteiger partial charge in [-0.3, -0.25) is 4.79 Å². The van der Waals surface area contributed by atoms with Gasteiger partial charge in [-0.15, -0.1) is 10.2 Å². The number of hydrogen-bond donors (Lipinski definition) is 1. The molecule has 7 heteroatoms. The monoisotopic (exact) mass is 322 g/mol. The second-order valence-electron chi connectivity index (χ2n) is 5.45. The van der Waals surface area contributed by atoms with Crippen molar-refractivity contribution in [3.05, 3.63) is 46.8 Å². The van der Waals surface area contributed by atoms with E-state index in [4.69, 9.17) is 11.6 Å². The third-order valence-electron chi connectivity index (χ3n) is 3.96. The predicted octanol–water partition coefficient (Wildman–Crippen LogP) is 2.30. The molecule has 0 radical (unpaired) electrons. The highest BCUT2D eigenvalue weighted by molar-refractivity contribution is 6.31. The zero-order valence-electron chi connectivity index (χ0n) is 12.1. The minimum Gasteiger partial charge on any atom is -0.354 e. The average Bonchev–Trinajstić information content (AvgIpc) is 3.15. The molecule has 116 valence electrons. The molecule has 2 atom stereocenters. The highest BCUT2D eigenvalue weighted by atomic mass is 35.5. The number of hydrogen-bond acceptors (Lipinski definition) is 3. The van der Waals surface area contributed by atoms with Crippen molar-refractivity contribution in [1.82, 2.24) is 20.1 Å². The lowest BCUT2D eigenvalue weighted by molar-refractivity contribution is -0.122. The maximum absolute atomic E-state index is 13.8. The summed E-state index contributed by atoms with van der Waals surface area (Å²) in [6, 6.07) is 4.60. The van der Waals surface area contributed by atoms with Crippen molar-refractivity contribution < 1.29 is 9.18 Å². The molecule has 1 saturated carbocycles. The standard InChI is InChI=1S/C15H16ClFN4O/c1-9-20-19-8-21(9)6-5-18-15(22)11-7-10(11)14-12(16)3-2-4-13(14)17/h2-4,8,10-11H,5-7H2,1H3,(H,18,22)/t10-,11-/m0/s1. The topological polar surface area (TPSA) is 59.8 Å². The summed E-state index contributed by atoms with van der Waals surface area (Å²) in [6.45, 7) is 2.96. The Labute approximate surface area is 132 Å². The number of carbonyl (C=O) groups excluding carboxylic acids is 1. The van der Waals surface area contributed by atoms with E-state index in [1.54, 1.807) is 18.5 Å². The zero-order chi connectivity index (χ0) is 15.7. The molecule has 0 bridgehead atoms. The molecular formula is C15H16ClFN4O. The number of amides is 1. The van der Waals surface area contributed by atoms with Crippen molar-refractivity contribution >= 4 is 17.5 Å². The van der Waals surface area contributed by atoms with Crippen LogP contribution in [0.5, 0.6) is 0 Å². The van der Waals surface area contributed by atoms with Gasteiger partial charge in [0.1, 0.15) is 18.0 Å². The van der Waals surface area contributed by atoms with Gasteiger partial charge in [0.2, 0.25) is 5.91 Å². The zero-order valence-corrected chi connectivity index (χ0v) is 12.8. The molecule has 1 amide bonds. The number of halogens is 2. The summed E-state index contributed by atoms with van der Waals surface area (Å²) in [5.74, 6) is 0.0846. The van der Waals surface area contributed by atoms with Crippen molar-refractivity contribution in [3.8, 4) is 0 Å². The maximum atomic E-state index is 13.8. The fraction of sp³-hybridized carbons (Fsp3) is 0.400. The smallest absolute Gasteiger partial charge is 0.223 e. The average molecular weight is 323 g/mol. The molecule has 5 nitrogen and oxygen atoms in total. The third kappa shape index (κ3) is 2.97. The first-order chi connectivity index (χ1) is 10.6. The molecule has 1 N–H and O–H groups in total. The summed E-state index contributed by atoms with van der Waals surface area (Å²) in [5.41, 5.74) is 0.457. The fourth-order valence-electron chi connectivity index (χ4n) is 2.63. The minimum absolute atomic E-state index is 0.0601.